The third-order valence-electron chi connectivity index (χ3n) is 3.15. The van der Waals surface area contributed by atoms with Crippen LogP contribution in [0.4, 0.5) is 0 Å². The molecule has 0 spiro atoms. The molecule has 0 aliphatic carbocycles. The molecule has 2 rings (SSSR count). The first kappa shape index (κ1) is 15.7. The predicted octanol–water partition coefficient (Wildman–Crippen LogP) is 0.935. The summed E-state index contributed by atoms with van der Waals surface area (Å²) in [6.07, 6.45) is -1.61. The Kier molecular flexibility index (Phi) is 5.24. The molecule has 2 aromatic carbocycles. The minimum Gasteiger partial charge on any atom is -0.379 e. The maximum Gasteiger partial charge on any atom is 0.355 e. The number of amides is 1. The summed E-state index contributed by atoms with van der Waals surface area (Å²) in [6.45, 7) is 0. The van der Waals surface area contributed by atoms with Gasteiger partial charge in [0.05, 0.1) is 6.04 Å². The van der Waals surface area contributed by atoms with E-state index in [0.29, 0.717) is 11.1 Å². The van der Waals surface area contributed by atoms with Crippen LogP contribution in [-0.2, 0) is 9.63 Å². The molecule has 0 fully saturated rings. The standard InChI is InChI=1S/C16H16N2O4/c17-22-16(21)14(19)13(11-7-3-1-4-8-11)18-15(20)12-9-5-2-6-10-12/h1-10,13-14,19H,17H2,(H,18,20)/t13-,14+/m0/s1. The lowest BCUT2D eigenvalue weighted by atomic mass is 10.0. The molecule has 0 aliphatic rings. The number of hydrogen-bond donors (Lipinski definition) is 3. The van der Waals surface area contributed by atoms with Crippen molar-refractivity contribution in [3.05, 3.63) is 71.8 Å². The Morgan fingerprint density at radius 3 is 2.09 bits per heavy atom. The zero-order valence-electron chi connectivity index (χ0n) is 11.7. The van der Waals surface area contributed by atoms with E-state index in [4.69, 9.17) is 5.90 Å². The van der Waals surface area contributed by atoms with Gasteiger partial charge in [-0.15, -0.1) is 0 Å². The molecule has 1 amide bonds. The van der Waals surface area contributed by atoms with Crippen molar-refractivity contribution in [3.63, 3.8) is 0 Å². The first-order chi connectivity index (χ1) is 10.6. The summed E-state index contributed by atoms with van der Waals surface area (Å²) in [5, 5.41) is 12.7. The van der Waals surface area contributed by atoms with Crippen molar-refractivity contribution in [3.8, 4) is 0 Å². The highest BCUT2D eigenvalue weighted by Crippen LogP contribution is 2.18. The summed E-state index contributed by atoms with van der Waals surface area (Å²) in [6, 6.07) is 16.1. The summed E-state index contributed by atoms with van der Waals surface area (Å²) in [5.41, 5.74) is 0.974. The quantitative estimate of drug-likeness (QED) is 0.713. The topological polar surface area (TPSA) is 102 Å². The molecular weight excluding hydrogens is 284 g/mol. The van der Waals surface area contributed by atoms with Gasteiger partial charge in [-0.2, -0.15) is 5.90 Å². The second-order valence-electron chi connectivity index (χ2n) is 4.61. The van der Waals surface area contributed by atoms with Gasteiger partial charge in [-0.1, -0.05) is 48.5 Å². The number of hydrogen-bond acceptors (Lipinski definition) is 5. The van der Waals surface area contributed by atoms with E-state index in [9.17, 15) is 14.7 Å². The van der Waals surface area contributed by atoms with Gasteiger partial charge in [-0.05, 0) is 17.7 Å². The molecule has 2 aromatic rings. The van der Waals surface area contributed by atoms with Crippen LogP contribution < -0.4 is 11.2 Å². The van der Waals surface area contributed by atoms with Gasteiger partial charge in [0.1, 0.15) is 0 Å². The third-order valence-corrected chi connectivity index (χ3v) is 3.15. The van der Waals surface area contributed by atoms with E-state index in [-0.39, 0.29) is 0 Å². The fraction of sp³-hybridized carbons (Fsp3) is 0.125. The largest absolute Gasteiger partial charge is 0.379 e. The number of carbonyl (C=O) groups is 2. The van der Waals surface area contributed by atoms with Crippen molar-refractivity contribution >= 4 is 11.9 Å². The highest BCUT2D eigenvalue weighted by Gasteiger charge is 2.30. The number of nitrogens with one attached hydrogen (secondary N) is 1. The summed E-state index contributed by atoms with van der Waals surface area (Å²) in [7, 11) is 0. The highest BCUT2D eigenvalue weighted by atomic mass is 16.7. The van der Waals surface area contributed by atoms with Crippen LogP contribution in [0.25, 0.3) is 0 Å². The van der Waals surface area contributed by atoms with Gasteiger partial charge in [0, 0.05) is 5.56 Å². The van der Waals surface area contributed by atoms with Crippen LogP contribution in [0.15, 0.2) is 60.7 Å². The summed E-state index contributed by atoms with van der Waals surface area (Å²) in [5.74, 6) is 3.36. The summed E-state index contributed by atoms with van der Waals surface area (Å²) >= 11 is 0. The van der Waals surface area contributed by atoms with Crippen molar-refractivity contribution < 1.29 is 19.5 Å². The average Bonchev–Trinajstić information content (AvgIpc) is 2.59. The molecule has 0 aliphatic heterocycles. The van der Waals surface area contributed by atoms with Crippen molar-refractivity contribution in [2.45, 2.75) is 12.1 Å². The Morgan fingerprint density at radius 2 is 1.55 bits per heavy atom. The maximum absolute atomic E-state index is 12.2. The Balaban J connectivity index is 2.25. The third kappa shape index (κ3) is 3.69. The molecule has 2 atom stereocenters. The number of nitrogens with two attached hydrogens (primary N) is 1. The van der Waals surface area contributed by atoms with E-state index in [2.05, 4.69) is 10.2 Å². The zero-order chi connectivity index (χ0) is 15.9. The van der Waals surface area contributed by atoms with Crippen molar-refractivity contribution in [1.82, 2.24) is 5.32 Å². The van der Waals surface area contributed by atoms with Gasteiger partial charge < -0.3 is 15.3 Å². The molecule has 6 nitrogen and oxygen atoms in total. The predicted molar refractivity (Wildman–Crippen MR) is 79.4 cm³/mol. The van der Waals surface area contributed by atoms with Gasteiger partial charge in [-0.3, -0.25) is 4.79 Å². The van der Waals surface area contributed by atoms with E-state index >= 15 is 0 Å². The van der Waals surface area contributed by atoms with Crippen LogP contribution in [-0.4, -0.2) is 23.1 Å². The summed E-state index contributed by atoms with van der Waals surface area (Å²) in [4.78, 5) is 27.8. The van der Waals surface area contributed by atoms with Crippen LogP contribution in [0.2, 0.25) is 0 Å². The fourth-order valence-corrected chi connectivity index (χ4v) is 2.02. The molecule has 0 unspecified atom stereocenters. The lowest BCUT2D eigenvalue weighted by Gasteiger charge is -2.22. The molecule has 4 N–H and O–H groups in total. The average molecular weight is 300 g/mol. The molecule has 6 heteroatoms. The highest BCUT2D eigenvalue weighted by molar-refractivity contribution is 5.94. The zero-order valence-corrected chi connectivity index (χ0v) is 11.7. The maximum atomic E-state index is 12.2. The number of aliphatic hydroxyl groups is 1. The van der Waals surface area contributed by atoms with E-state index in [1.165, 1.54) is 0 Å². The molecule has 114 valence electrons. The lowest BCUT2D eigenvalue weighted by Crippen LogP contribution is -2.41. The number of aliphatic hydroxyl groups excluding tert-OH is 1. The molecule has 0 aromatic heterocycles. The monoisotopic (exact) mass is 300 g/mol. The smallest absolute Gasteiger partial charge is 0.355 e. The first-order valence-electron chi connectivity index (χ1n) is 6.63. The SMILES string of the molecule is NOC(=O)[C@H](O)[C@@H](NC(=O)c1ccccc1)c1ccccc1. The molecule has 0 saturated heterocycles. The van der Waals surface area contributed by atoms with E-state index in [1.54, 1.807) is 60.7 Å². The van der Waals surface area contributed by atoms with Crippen LogP contribution in [0.1, 0.15) is 22.0 Å². The molecular formula is C16H16N2O4. The Morgan fingerprint density at radius 1 is 1.00 bits per heavy atom. The van der Waals surface area contributed by atoms with Crippen molar-refractivity contribution in [2.75, 3.05) is 0 Å². The number of carbonyl (C=O) groups excluding carboxylic acids is 2. The Bertz CT molecular complexity index is 631. The number of benzene rings is 2. The Labute approximate surface area is 127 Å². The van der Waals surface area contributed by atoms with Crippen LogP contribution >= 0.6 is 0 Å². The van der Waals surface area contributed by atoms with Gasteiger partial charge in [0.2, 0.25) is 0 Å². The second-order valence-corrected chi connectivity index (χ2v) is 4.61. The van der Waals surface area contributed by atoms with Gasteiger partial charge in [-0.25, -0.2) is 4.79 Å². The molecule has 0 saturated carbocycles. The lowest BCUT2D eigenvalue weighted by molar-refractivity contribution is -0.155. The number of rotatable bonds is 5. The van der Waals surface area contributed by atoms with E-state index < -0.39 is 24.0 Å². The summed E-state index contributed by atoms with van der Waals surface area (Å²) < 4.78 is 0. The second kappa shape index (κ2) is 7.35. The van der Waals surface area contributed by atoms with Crippen LogP contribution in [0, 0.1) is 0 Å². The van der Waals surface area contributed by atoms with Crippen LogP contribution in [0.5, 0.6) is 0 Å². The fourth-order valence-electron chi connectivity index (χ4n) is 2.02. The van der Waals surface area contributed by atoms with Crippen molar-refractivity contribution in [1.29, 1.82) is 0 Å². The van der Waals surface area contributed by atoms with E-state index in [1.807, 2.05) is 0 Å². The first-order valence-corrected chi connectivity index (χ1v) is 6.63. The minimum atomic E-state index is -1.61. The molecule has 22 heavy (non-hydrogen) atoms. The van der Waals surface area contributed by atoms with Gasteiger partial charge >= 0.3 is 5.97 Å². The molecule has 0 heterocycles. The van der Waals surface area contributed by atoms with Crippen molar-refractivity contribution in [2.24, 2.45) is 5.90 Å². The molecule has 0 radical (unpaired) electrons. The van der Waals surface area contributed by atoms with E-state index in [0.717, 1.165) is 0 Å². The Hall–Kier alpha value is -2.70. The normalized spacial score (nSPS) is 13.0. The van der Waals surface area contributed by atoms with Crippen LogP contribution in [0.3, 0.4) is 0 Å². The molecule has 0 bridgehead atoms. The van der Waals surface area contributed by atoms with Gasteiger partial charge in [0.25, 0.3) is 5.91 Å². The van der Waals surface area contributed by atoms with Gasteiger partial charge in [0.15, 0.2) is 6.10 Å². The minimum absolute atomic E-state index is 0.414.